The Morgan fingerprint density at radius 3 is 2.31 bits per heavy atom. The second-order valence-electron chi connectivity index (χ2n) is 8.22. The molecule has 36 heavy (non-hydrogen) atoms. The van der Waals surface area contributed by atoms with Gasteiger partial charge in [-0.2, -0.15) is 0 Å². The molecule has 0 radical (unpaired) electrons. The predicted octanol–water partition coefficient (Wildman–Crippen LogP) is 2.78. The smallest absolute Gasteiger partial charge is 0.264 e. The summed E-state index contributed by atoms with van der Waals surface area (Å²) in [5.41, 5.74) is 7.05. The van der Waals surface area contributed by atoms with Crippen LogP contribution in [0.5, 0.6) is 0 Å². The van der Waals surface area contributed by atoms with Crippen LogP contribution in [0.1, 0.15) is 29.6 Å². The number of anilines is 1. The number of amides is 1. The van der Waals surface area contributed by atoms with Gasteiger partial charge in [-0.1, -0.05) is 49.4 Å². The maximum absolute atomic E-state index is 13.9. The van der Waals surface area contributed by atoms with E-state index in [0.29, 0.717) is 16.7 Å². The molecule has 0 saturated heterocycles. The fourth-order valence-corrected chi connectivity index (χ4v) is 6.41. The van der Waals surface area contributed by atoms with E-state index in [1.54, 1.807) is 67.6 Å². The Kier molecular flexibility index (Phi) is 7.39. The number of rotatable bonds is 11. The fourth-order valence-electron chi connectivity index (χ4n) is 4.12. The molecule has 2 heterocycles. The number of carbonyl (C=O) groups excluding carboxylic acids is 2. The molecular formula is C25H25N5O5S. The number of nitrogens with one attached hydrogen (secondary N) is 1. The van der Waals surface area contributed by atoms with Crippen LogP contribution >= 0.6 is 0 Å². The van der Waals surface area contributed by atoms with Crippen LogP contribution in [0.2, 0.25) is 0 Å². The average Bonchev–Trinajstić information content (AvgIpc) is 3.31. The molecule has 2 aromatic heterocycles. The van der Waals surface area contributed by atoms with E-state index in [1.807, 2.05) is 0 Å². The summed E-state index contributed by atoms with van der Waals surface area (Å²) in [7, 11) is -4.14. The third-order valence-electron chi connectivity index (χ3n) is 5.79. The first-order valence-electron chi connectivity index (χ1n) is 11.3. The molecule has 11 heteroatoms. The van der Waals surface area contributed by atoms with E-state index in [1.165, 1.54) is 12.4 Å². The van der Waals surface area contributed by atoms with E-state index in [9.17, 15) is 18.0 Å². The Balaban J connectivity index is 1.79. The molecule has 0 bridgehead atoms. The average molecular weight is 508 g/mol. The molecule has 10 nitrogen and oxygen atoms in total. The van der Waals surface area contributed by atoms with Crippen LogP contribution in [0.3, 0.4) is 0 Å². The van der Waals surface area contributed by atoms with Crippen LogP contribution in [-0.2, 0) is 20.4 Å². The summed E-state index contributed by atoms with van der Waals surface area (Å²) >= 11 is 0. The van der Waals surface area contributed by atoms with Gasteiger partial charge in [0.25, 0.3) is 5.89 Å². The van der Waals surface area contributed by atoms with E-state index >= 15 is 0 Å². The number of benzene rings is 2. The molecule has 3 N–H and O–H groups in total. The summed E-state index contributed by atoms with van der Waals surface area (Å²) in [5, 5.41) is 1.19. The van der Waals surface area contributed by atoms with Crippen LogP contribution in [0.15, 0.2) is 77.5 Å². The fraction of sp³-hybridized carbons (Fsp3) is 0.240. The number of carbonyl (C=O) groups is 2. The highest BCUT2D eigenvalue weighted by atomic mass is 32.2. The van der Waals surface area contributed by atoms with Crippen molar-refractivity contribution in [2.45, 2.75) is 30.4 Å². The van der Waals surface area contributed by atoms with Gasteiger partial charge in [0.2, 0.25) is 17.6 Å². The van der Waals surface area contributed by atoms with Gasteiger partial charge in [-0.25, -0.2) is 23.4 Å². The summed E-state index contributed by atoms with van der Waals surface area (Å²) in [4.78, 5) is 38.6. The number of sulfone groups is 1. The number of Topliss-reactive ketones (excluding diaryl/α,β-unsaturated/α-hetero) is 1. The van der Waals surface area contributed by atoms with E-state index < -0.39 is 44.5 Å². The Hall–Kier alpha value is -4.12. The summed E-state index contributed by atoms with van der Waals surface area (Å²) in [6, 6.07) is 15.4. The first kappa shape index (κ1) is 25.0. The Bertz CT molecular complexity index is 1430. The first-order valence-corrected chi connectivity index (χ1v) is 13.0. The van der Waals surface area contributed by atoms with Crippen molar-refractivity contribution in [2.24, 2.45) is 11.7 Å². The van der Waals surface area contributed by atoms with Crippen LogP contribution < -0.4 is 11.1 Å². The molecule has 3 atom stereocenters. The lowest BCUT2D eigenvalue weighted by Gasteiger charge is -2.30. The highest BCUT2D eigenvalue weighted by molar-refractivity contribution is 7.91. The molecule has 1 amide bonds. The second kappa shape index (κ2) is 10.6. The minimum atomic E-state index is -4.14. The van der Waals surface area contributed by atoms with Gasteiger partial charge in [0, 0.05) is 18.3 Å². The van der Waals surface area contributed by atoms with Crippen molar-refractivity contribution < 1.29 is 22.4 Å². The Morgan fingerprint density at radius 1 is 1.00 bits per heavy atom. The molecule has 4 rings (SSSR count). The third kappa shape index (κ3) is 5.41. The number of primary amides is 1. The number of para-hydroxylation sites is 2. The normalized spacial score (nSPS) is 14.1. The maximum Gasteiger partial charge on any atom is 0.264 e. The van der Waals surface area contributed by atoms with Crippen molar-refractivity contribution in [3.05, 3.63) is 84.5 Å². The number of nitrogens with two attached hydrogens (primary N) is 1. The second-order valence-corrected chi connectivity index (χ2v) is 10.4. The number of ketones is 1. The van der Waals surface area contributed by atoms with Gasteiger partial charge in [0.05, 0.1) is 5.75 Å². The zero-order valence-corrected chi connectivity index (χ0v) is 20.3. The number of fused-ring (bicyclic) bond motifs is 1. The maximum atomic E-state index is 13.9. The van der Waals surface area contributed by atoms with Crippen LogP contribution in [0.4, 0.5) is 5.95 Å². The molecule has 0 saturated carbocycles. The van der Waals surface area contributed by atoms with Crippen molar-refractivity contribution >= 4 is 38.6 Å². The molecule has 4 aromatic rings. The molecule has 0 aliphatic heterocycles. The molecule has 0 fully saturated rings. The number of aromatic nitrogens is 3. The SMILES string of the molecule is CCC(C(=O)c1nc2ccccc2o1)C(C(Nc1ncccn1)C(N)=O)S(=O)(=O)Cc1ccccc1. The minimum absolute atomic E-state index is 0.00498. The van der Waals surface area contributed by atoms with Gasteiger partial charge in [-0.05, 0) is 30.2 Å². The zero-order valence-electron chi connectivity index (χ0n) is 19.4. The number of hydrogen-bond acceptors (Lipinski definition) is 9. The largest absolute Gasteiger partial charge is 0.434 e. The lowest BCUT2D eigenvalue weighted by molar-refractivity contribution is -0.118. The Labute approximate surface area is 207 Å². The van der Waals surface area contributed by atoms with E-state index in [2.05, 4.69) is 20.3 Å². The van der Waals surface area contributed by atoms with Gasteiger partial charge in [0.1, 0.15) is 16.8 Å². The number of nitrogens with zero attached hydrogens (tertiary/aromatic N) is 3. The van der Waals surface area contributed by atoms with Crippen molar-refractivity contribution in [1.29, 1.82) is 0 Å². The summed E-state index contributed by atoms with van der Waals surface area (Å²) in [6.45, 7) is 1.66. The number of oxazole rings is 1. The molecule has 0 aliphatic carbocycles. The molecule has 2 aromatic carbocycles. The van der Waals surface area contributed by atoms with E-state index in [-0.39, 0.29) is 18.3 Å². The van der Waals surface area contributed by atoms with Gasteiger partial charge in [0.15, 0.2) is 15.4 Å². The summed E-state index contributed by atoms with van der Waals surface area (Å²) in [5.74, 6) is -3.44. The molecule has 186 valence electrons. The van der Waals surface area contributed by atoms with E-state index in [4.69, 9.17) is 10.2 Å². The lowest BCUT2D eigenvalue weighted by atomic mass is 9.91. The quantitative estimate of drug-likeness (QED) is 0.291. The highest BCUT2D eigenvalue weighted by Crippen LogP contribution is 2.29. The van der Waals surface area contributed by atoms with Crippen molar-refractivity contribution in [1.82, 2.24) is 15.0 Å². The summed E-state index contributed by atoms with van der Waals surface area (Å²) in [6.07, 6.45) is 2.95. The lowest BCUT2D eigenvalue weighted by Crippen LogP contribution is -2.54. The monoisotopic (exact) mass is 507 g/mol. The standard InChI is InChI=1S/C25H25N5O5S/c1-2-17(21(31)24-29-18-11-6-7-12-19(18)35-24)22(36(33,34)15-16-9-4-3-5-10-16)20(23(26)32)30-25-27-13-8-14-28-25/h3-14,17,20,22H,2,15H2,1H3,(H2,26,32)(H,27,28,30). The first-order chi connectivity index (χ1) is 17.3. The van der Waals surface area contributed by atoms with E-state index in [0.717, 1.165) is 0 Å². The molecule has 0 aliphatic rings. The topological polar surface area (TPSA) is 158 Å². The Morgan fingerprint density at radius 2 is 1.67 bits per heavy atom. The third-order valence-corrected chi connectivity index (χ3v) is 7.95. The van der Waals surface area contributed by atoms with Crippen molar-refractivity contribution in [3.8, 4) is 0 Å². The van der Waals surface area contributed by atoms with Gasteiger partial charge < -0.3 is 15.5 Å². The molecule has 3 unspecified atom stereocenters. The van der Waals surface area contributed by atoms with Crippen LogP contribution in [0.25, 0.3) is 11.1 Å². The molecular weight excluding hydrogens is 482 g/mol. The molecule has 0 spiro atoms. The van der Waals surface area contributed by atoms with Crippen LogP contribution in [0, 0.1) is 5.92 Å². The zero-order chi connectivity index (χ0) is 25.7. The van der Waals surface area contributed by atoms with Gasteiger partial charge in [-0.15, -0.1) is 0 Å². The number of hydrogen-bond donors (Lipinski definition) is 2. The van der Waals surface area contributed by atoms with Gasteiger partial charge >= 0.3 is 0 Å². The van der Waals surface area contributed by atoms with Crippen molar-refractivity contribution in [3.63, 3.8) is 0 Å². The van der Waals surface area contributed by atoms with Gasteiger partial charge in [-0.3, -0.25) is 9.59 Å². The summed E-state index contributed by atoms with van der Waals surface area (Å²) < 4.78 is 33.3. The van der Waals surface area contributed by atoms with Crippen LogP contribution in [-0.4, -0.2) is 46.4 Å². The predicted molar refractivity (Wildman–Crippen MR) is 134 cm³/mol. The van der Waals surface area contributed by atoms with Crippen molar-refractivity contribution in [2.75, 3.05) is 5.32 Å². The highest BCUT2D eigenvalue weighted by Gasteiger charge is 2.46. The minimum Gasteiger partial charge on any atom is -0.434 e.